The third kappa shape index (κ3) is 5.90. The first-order valence-electron chi connectivity index (χ1n) is 13.5. The van der Waals surface area contributed by atoms with Gasteiger partial charge in [0.05, 0.1) is 29.0 Å². The van der Waals surface area contributed by atoms with Crippen LogP contribution in [0.2, 0.25) is 25.7 Å². The third-order valence-electron chi connectivity index (χ3n) is 7.06. The van der Waals surface area contributed by atoms with Crippen LogP contribution in [0.15, 0.2) is 84.0 Å². The van der Waals surface area contributed by atoms with Crippen molar-refractivity contribution in [3.05, 3.63) is 96.3 Å². The molecule has 5 rings (SSSR count). The molecule has 224 valence electrons. The minimum atomic E-state index is -3.98. The van der Waals surface area contributed by atoms with Gasteiger partial charge < -0.3 is 14.0 Å². The first-order valence-corrected chi connectivity index (χ1v) is 18.7. The topological polar surface area (TPSA) is 92.4 Å². The van der Waals surface area contributed by atoms with Crippen LogP contribution >= 0.6 is 0 Å². The van der Waals surface area contributed by atoms with E-state index in [1.165, 1.54) is 49.8 Å². The van der Waals surface area contributed by atoms with Gasteiger partial charge in [-0.05, 0) is 48.5 Å². The second kappa shape index (κ2) is 11.9. The number of carbonyl (C=O) groups excluding carboxylic acids is 1. The molecular weight excluding hydrogens is 593 g/mol. The van der Waals surface area contributed by atoms with E-state index in [4.69, 9.17) is 9.47 Å². The van der Waals surface area contributed by atoms with Gasteiger partial charge in [0.15, 0.2) is 17.3 Å². The molecule has 0 fully saturated rings. The number of hydrogen-bond donors (Lipinski definition) is 0. The fourth-order valence-electron chi connectivity index (χ4n) is 4.82. The summed E-state index contributed by atoms with van der Waals surface area (Å²) in [5, 5.41) is 0.463. The number of esters is 1. The first-order chi connectivity index (χ1) is 20.4. The van der Waals surface area contributed by atoms with Gasteiger partial charge in [0, 0.05) is 43.6 Å². The molecule has 0 amide bonds. The van der Waals surface area contributed by atoms with Gasteiger partial charge in [-0.15, -0.1) is 0 Å². The van der Waals surface area contributed by atoms with Gasteiger partial charge in [-0.25, -0.2) is 30.9 Å². The molecule has 0 saturated carbocycles. The fourth-order valence-corrected chi connectivity index (χ4v) is 6.90. The van der Waals surface area contributed by atoms with Crippen molar-refractivity contribution in [2.45, 2.75) is 37.3 Å². The van der Waals surface area contributed by atoms with E-state index in [9.17, 15) is 17.6 Å². The number of carbonyl (C=O) groups is 1. The van der Waals surface area contributed by atoms with E-state index < -0.39 is 35.7 Å². The van der Waals surface area contributed by atoms with Crippen molar-refractivity contribution in [3.63, 3.8) is 0 Å². The summed E-state index contributed by atoms with van der Waals surface area (Å²) in [5.41, 5.74) is 1.01. The molecule has 2 aromatic carbocycles. The van der Waals surface area contributed by atoms with E-state index in [1.54, 1.807) is 34.9 Å². The molecule has 8 nitrogen and oxygen atoms in total. The van der Waals surface area contributed by atoms with Crippen LogP contribution in [0.5, 0.6) is 0 Å². The predicted molar refractivity (Wildman–Crippen MR) is 163 cm³/mol. The summed E-state index contributed by atoms with van der Waals surface area (Å²) in [4.78, 5) is 17.5. The number of methoxy groups -OCH3 is 1. The Morgan fingerprint density at radius 1 is 0.977 bits per heavy atom. The normalized spacial score (nSPS) is 12.1. The summed E-state index contributed by atoms with van der Waals surface area (Å²) in [6, 6.07) is 17.4. The van der Waals surface area contributed by atoms with Crippen molar-refractivity contribution in [2.24, 2.45) is 0 Å². The minimum Gasteiger partial charge on any atom is -0.465 e. The highest BCUT2D eigenvalue weighted by Crippen LogP contribution is 2.38. The molecule has 0 aliphatic heterocycles. The zero-order chi connectivity index (χ0) is 30.9. The molecule has 0 bridgehead atoms. The Bertz CT molecular complexity index is 1920. The summed E-state index contributed by atoms with van der Waals surface area (Å²) in [7, 11) is -4.22. The van der Waals surface area contributed by atoms with Crippen molar-refractivity contribution < 1.29 is 31.5 Å². The number of fused-ring (bicyclic) bond motifs is 1. The molecule has 12 heteroatoms. The monoisotopic (exact) mass is 623 g/mol. The zero-order valence-electron chi connectivity index (χ0n) is 24.2. The highest BCUT2D eigenvalue weighted by Gasteiger charge is 2.28. The van der Waals surface area contributed by atoms with Gasteiger partial charge in [0.25, 0.3) is 10.0 Å². The maximum atomic E-state index is 15.3. The van der Waals surface area contributed by atoms with Crippen molar-refractivity contribution in [2.75, 3.05) is 13.7 Å². The van der Waals surface area contributed by atoms with Gasteiger partial charge in [-0.3, -0.25) is 0 Å². The van der Waals surface area contributed by atoms with E-state index in [2.05, 4.69) is 24.6 Å². The molecule has 0 aliphatic carbocycles. The van der Waals surface area contributed by atoms with Crippen LogP contribution in [0.3, 0.4) is 0 Å². The molecule has 5 aromatic rings. The fraction of sp³-hybridized carbons (Fsp3) is 0.226. The van der Waals surface area contributed by atoms with Crippen molar-refractivity contribution in [1.82, 2.24) is 13.5 Å². The Morgan fingerprint density at radius 2 is 1.72 bits per heavy atom. The van der Waals surface area contributed by atoms with E-state index in [1.807, 2.05) is 0 Å². The largest absolute Gasteiger partial charge is 0.465 e. The number of benzene rings is 2. The van der Waals surface area contributed by atoms with Gasteiger partial charge in [-0.1, -0.05) is 43.9 Å². The minimum absolute atomic E-state index is 0.00269. The second-order valence-corrected chi connectivity index (χ2v) is 18.6. The average Bonchev–Trinajstić information content (AvgIpc) is 3.59. The highest BCUT2D eigenvalue weighted by atomic mass is 32.2. The summed E-state index contributed by atoms with van der Waals surface area (Å²) >= 11 is 0. The molecule has 3 heterocycles. The van der Waals surface area contributed by atoms with Crippen LogP contribution in [-0.4, -0.2) is 49.7 Å². The lowest BCUT2D eigenvalue weighted by Gasteiger charge is -2.19. The van der Waals surface area contributed by atoms with Crippen LogP contribution in [0.4, 0.5) is 8.78 Å². The second-order valence-electron chi connectivity index (χ2n) is 11.2. The number of pyridine rings is 1. The lowest BCUT2D eigenvalue weighted by molar-refractivity contribution is 0.0600. The quantitative estimate of drug-likeness (QED) is 0.0967. The van der Waals surface area contributed by atoms with Crippen molar-refractivity contribution in [1.29, 1.82) is 0 Å². The summed E-state index contributed by atoms with van der Waals surface area (Å²) in [6.45, 7) is 6.96. The van der Waals surface area contributed by atoms with Gasteiger partial charge in [0.2, 0.25) is 0 Å². The summed E-state index contributed by atoms with van der Waals surface area (Å²) in [5.74, 6) is -2.95. The molecular formula is C31H31F2N3O5SSi. The zero-order valence-corrected chi connectivity index (χ0v) is 26.0. The van der Waals surface area contributed by atoms with E-state index in [-0.39, 0.29) is 34.1 Å². The van der Waals surface area contributed by atoms with Crippen LogP contribution in [-0.2, 0) is 26.2 Å². The highest BCUT2D eigenvalue weighted by molar-refractivity contribution is 7.90. The Morgan fingerprint density at radius 3 is 2.42 bits per heavy atom. The van der Waals surface area contributed by atoms with Gasteiger partial charge >= 0.3 is 5.97 Å². The lowest BCUT2D eigenvalue weighted by atomic mass is 10.1. The van der Waals surface area contributed by atoms with Crippen LogP contribution in [0, 0.1) is 11.6 Å². The molecule has 43 heavy (non-hydrogen) atoms. The SMILES string of the molecule is COC(=O)c1cc(-c2ccnc3c2ccn3S(=O)(=O)c2ccccc2)n(COCC[Si](C)(C)C)c1-c1cccc(F)c1F. The van der Waals surface area contributed by atoms with E-state index in [0.29, 0.717) is 23.3 Å². The molecule has 0 spiro atoms. The third-order valence-corrected chi connectivity index (χ3v) is 10.4. The molecule has 0 unspecified atom stereocenters. The standard InChI is InChI=1S/C31H31F2N3O5SSi/c1-40-31(37)25-19-27(35(20-41-17-18-43(2,3)4)29(25)24-11-8-12-26(32)28(24)33)22-13-15-34-30-23(22)14-16-36(30)42(38,39)21-9-6-5-7-10-21/h5-16,19H,17-18,20H2,1-4H3. The smallest absolute Gasteiger partial charge is 0.340 e. The van der Waals surface area contributed by atoms with Gasteiger partial charge in [-0.2, -0.15) is 0 Å². The number of halogens is 2. The number of aromatic nitrogens is 3. The molecule has 3 aromatic heterocycles. The number of rotatable bonds is 10. The molecule has 0 atom stereocenters. The molecule has 0 radical (unpaired) electrons. The van der Waals surface area contributed by atoms with Crippen LogP contribution in [0.25, 0.3) is 33.5 Å². The number of nitrogens with zero attached hydrogens (tertiary/aromatic N) is 3. The number of ether oxygens (including phenoxy) is 2. The van der Waals surface area contributed by atoms with E-state index in [0.717, 1.165) is 16.1 Å². The summed E-state index contributed by atoms with van der Waals surface area (Å²) < 4.78 is 70.4. The first kappa shape index (κ1) is 30.3. The Kier molecular flexibility index (Phi) is 8.37. The molecule has 0 N–H and O–H groups in total. The van der Waals surface area contributed by atoms with Crippen LogP contribution < -0.4 is 0 Å². The van der Waals surface area contributed by atoms with Crippen molar-refractivity contribution >= 4 is 35.1 Å². The van der Waals surface area contributed by atoms with E-state index >= 15 is 4.39 Å². The Hall–Kier alpha value is -4.13. The number of hydrogen-bond acceptors (Lipinski definition) is 6. The predicted octanol–water partition coefficient (Wildman–Crippen LogP) is 6.79. The Balaban J connectivity index is 1.73. The van der Waals surface area contributed by atoms with Crippen molar-refractivity contribution in [3.8, 4) is 22.5 Å². The van der Waals surface area contributed by atoms with Crippen LogP contribution in [0.1, 0.15) is 10.4 Å². The average molecular weight is 624 g/mol. The Labute approximate surface area is 249 Å². The lowest BCUT2D eigenvalue weighted by Crippen LogP contribution is -2.22. The maximum Gasteiger partial charge on any atom is 0.340 e. The maximum absolute atomic E-state index is 15.3. The van der Waals surface area contributed by atoms with Gasteiger partial charge in [0.1, 0.15) is 6.73 Å². The summed E-state index contributed by atoms with van der Waals surface area (Å²) in [6.07, 6.45) is 2.87. The molecule has 0 saturated heterocycles. The molecule has 0 aliphatic rings.